The Kier molecular flexibility index (Phi) is 4.77. The zero-order valence-corrected chi connectivity index (χ0v) is 16.2. The van der Waals surface area contributed by atoms with Crippen molar-refractivity contribution in [2.45, 2.75) is 6.10 Å². The molecule has 1 saturated heterocycles. The lowest BCUT2D eigenvalue weighted by molar-refractivity contribution is -0.125. The number of halogens is 1. The molecular formula is C24H20FN3O2. The van der Waals surface area contributed by atoms with Crippen molar-refractivity contribution in [3.05, 3.63) is 84.3 Å². The van der Waals surface area contributed by atoms with Crippen molar-refractivity contribution < 1.29 is 13.9 Å². The average Bonchev–Trinajstić information content (AvgIpc) is 3.23. The van der Waals surface area contributed by atoms with Crippen molar-refractivity contribution in [1.82, 2.24) is 14.5 Å². The minimum atomic E-state index is -0.261. The quantitative estimate of drug-likeness (QED) is 0.478. The third-order valence-corrected chi connectivity index (χ3v) is 5.44. The van der Waals surface area contributed by atoms with E-state index in [1.165, 1.54) is 12.1 Å². The van der Waals surface area contributed by atoms with E-state index in [9.17, 15) is 9.18 Å². The fourth-order valence-electron chi connectivity index (χ4n) is 3.82. The third kappa shape index (κ3) is 3.57. The highest BCUT2D eigenvalue weighted by molar-refractivity contribution is 5.73. The number of ether oxygens (including phenoxy) is 1. The molecule has 5 nitrogen and oxygen atoms in total. The molecule has 3 heterocycles. The van der Waals surface area contributed by atoms with Crippen LogP contribution in [0.3, 0.4) is 0 Å². The van der Waals surface area contributed by atoms with Crippen LogP contribution in [0.15, 0.2) is 72.9 Å². The highest BCUT2D eigenvalue weighted by atomic mass is 19.1. The molecule has 0 spiro atoms. The molecule has 0 bridgehead atoms. The number of rotatable bonds is 4. The molecule has 1 atom stereocenters. The first-order valence-corrected chi connectivity index (χ1v) is 9.86. The Bertz CT molecular complexity index is 1200. The largest absolute Gasteiger partial charge is 0.370 e. The van der Waals surface area contributed by atoms with E-state index < -0.39 is 0 Å². The van der Waals surface area contributed by atoms with Gasteiger partial charge in [-0.2, -0.15) is 5.10 Å². The summed E-state index contributed by atoms with van der Waals surface area (Å²) >= 11 is 0. The molecule has 1 amide bonds. The SMILES string of the molecule is O=CN1CCOC(c2cccc(-c3ccn4nc(-c5ccc(F)cc5)cc4c3)c2)C1. The summed E-state index contributed by atoms with van der Waals surface area (Å²) in [6.07, 6.45) is 2.69. The lowest BCUT2D eigenvalue weighted by atomic mass is 10.00. The first-order valence-electron chi connectivity index (χ1n) is 9.86. The maximum atomic E-state index is 13.2. The number of hydrogen-bond acceptors (Lipinski definition) is 3. The van der Waals surface area contributed by atoms with E-state index >= 15 is 0 Å². The molecule has 1 aliphatic rings. The predicted molar refractivity (Wildman–Crippen MR) is 112 cm³/mol. The normalized spacial score (nSPS) is 16.7. The van der Waals surface area contributed by atoms with Gasteiger partial charge >= 0.3 is 0 Å². The van der Waals surface area contributed by atoms with Gasteiger partial charge < -0.3 is 9.64 Å². The molecule has 30 heavy (non-hydrogen) atoms. The van der Waals surface area contributed by atoms with Crippen LogP contribution in [0.1, 0.15) is 11.7 Å². The molecule has 5 rings (SSSR count). The summed E-state index contributed by atoms with van der Waals surface area (Å²) in [4.78, 5) is 12.9. The van der Waals surface area contributed by atoms with Crippen molar-refractivity contribution in [3.8, 4) is 22.4 Å². The number of hydrogen-bond donors (Lipinski definition) is 0. The van der Waals surface area contributed by atoms with Crippen LogP contribution >= 0.6 is 0 Å². The first kappa shape index (κ1) is 18.5. The first-order chi connectivity index (χ1) is 14.7. The van der Waals surface area contributed by atoms with Crippen LogP contribution in [-0.2, 0) is 9.53 Å². The van der Waals surface area contributed by atoms with Gasteiger partial charge in [0.15, 0.2) is 0 Å². The van der Waals surface area contributed by atoms with Gasteiger partial charge in [0.1, 0.15) is 11.9 Å². The Morgan fingerprint density at radius 1 is 1.00 bits per heavy atom. The van der Waals surface area contributed by atoms with E-state index in [4.69, 9.17) is 4.74 Å². The van der Waals surface area contributed by atoms with Gasteiger partial charge in [0.2, 0.25) is 6.41 Å². The van der Waals surface area contributed by atoms with Crippen LogP contribution < -0.4 is 0 Å². The summed E-state index contributed by atoms with van der Waals surface area (Å²) < 4.78 is 20.9. The fourth-order valence-corrected chi connectivity index (χ4v) is 3.82. The van der Waals surface area contributed by atoms with E-state index in [1.807, 2.05) is 35.0 Å². The zero-order valence-electron chi connectivity index (χ0n) is 16.2. The number of aromatic nitrogens is 2. The van der Waals surface area contributed by atoms with Crippen molar-refractivity contribution in [2.24, 2.45) is 0 Å². The van der Waals surface area contributed by atoms with Crippen LogP contribution in [0.2, 0.25) is 0 Å². The molecule has 4 aromatic rings. The van der Waals surface area contributed by atoms with Crippen LogP contribution in [0.5, 0.6) is 0 Å². The topological polar surface area (TPSA) is 46.8 Å². The standard InChI is InChI=1S/C24H20FN3O2/c25-21-6-4-17(5-7-21)23-14-22-13-19(8-9-28(22)26-23)18-2-1-3-20(12-18)24-15-27(16-29)10-11-30-24/h1-9,12-14,16,24H,10-11,15H2. The van der Waals surface area contributed by atoms with E-state index in [1.54, 1.807) is 17.0 Å². The number of benzene rings is 2. The minimum Gasteiger partial charge on any atom is -0.370 e. The van der Waals surface area contributed by atoms with E-state index in [2.05, 4.69) is 23.3 Å². The smallest absolute Gasteiger partial charge is 0.209 e. The van der Waals surface area contributed by atoms with E-state index in [0.29, 0.717) is 19.7 Å². The maximum absolute atomic E-state index is 13.2. The van der Waals surface area contributed by atoms with Crippen molar-refractivity contribution in [2.75, 3.05) is 19.7 Å². The van der Waals surface area contributed by atoms with Crippen LogP contribution in [-0.4, -0.2) is 40.6 Å². The van der Waals surface area contributed by atoms with Gasteiger partial charge in [-0.05, 0) is 65.2 Å². The number of amides is 1. The minimum absolute atomic E-state index is 0.118. The van der Waals surface area contributed by atoms with Gasteiger partial charge in [0.25, 0.3) is 0 Å². The molecule has 2 aromatic carbocycles. The van der Waals surface area contributed by atoms with Gasteiger partial charge in [-0.1, -0.05) is 18.2 Å². The van der Waals surface area contributed by atoms with Crippen molar-refractivity contribution in [1.29, 1.82) is 0 Å². The summed E-state index contributed by atoms with van der Waals surface area (Å²) in [5.41, 5.74) is 5.82. The molecule has 0 saturated carbocycles. The summed E-state index contributed by atoms with van der Waals surface area (Å²) in [5.74, 6) is -0.261. The molecule has 0 radical (unpaired) electrons. The number of nitrogens with zero attached hydrogens (tertiary/aromatic N) is 3. The van der Waals surface area contributed by atoms with E-state index in [-0.39, 0.29) is 11.9 Å². The van der Waals surface area contributed by atoms with Crippen molar-refractivity contribution >= 4 is 11.9 Å². The number of carbonyl (C=O) groups is 1. The number of morpholine rings is 1. The molecule has 150 valence electrons. The Balaban J connectivity index is 1.46. The predicted octanol–water partition coefficient (Wildman–Crippen LogP) is 4.34. The lowest BCUT2D eigenvalue weighted by Crippen LogP contribution is -2.37. The summed E-state index contributed by atoms with van der Waals surface area (Å²) in [5, 5.41) is 4.59. The van der Waals surface area contributed by atoms with Crippen molar-refractivity contribution in [3.63, 3.8) is 0 Å². The van der Waals surface area contributed by atoms with Gasteiger partial charge in [-0.3, -0.25) is 4.79 Å². The number of carbonyl (C=O) groups excluding carboxylic acids is 1. The summed E-state index contributed by atoms with van der Waals surface area (Å²) in [7, 11) is 0. The second-order valence-electron chi connectivity index (χ2n) is 7.41. The van der Waals surface area contributed by atoms with Crippen LogP contribution in [0.4, 0.5) is 4.39 Å². The Hall–Kier alpha value is -3.51. The molecule has 2 aromatic heterocycles. The van der Waals surface area contributed by atoms with Gasteiger partial charge in [-0.15, -0.1) is 0 Å². The summed E-state index contributed by atoms with van der Waals surface area (Å²) in [6, 6.07) is 20.7. The molecule has 1 unspecified atom stereocenters. The number of fused-ring (bicyclic) bond motifs is 1. The van der Waals surface area contributed by atoms with Crippen LogP contribution in [0.25, 0.3) is 27.9 Å². The Morgan fingerprint density at radius 3 is 2.67 bits per heavy atom. The molecule has 1 fully saturated rings. The van der Waals surface area contributed by atoms with E-state index in [0.717, 1.165) is 39.9 Å². The Morgan fingerprint density at radius 2 is 1.83 bits per heavy atom. The zero-order chi connectivity index (χ0) is 20.5. The highest BCUT2D eigenvalue weighted by Crippen LogP contribution is 2.28. The third-order valence-electron chi connectivity index (χ3n) is 5.44. The molecule has 1 aliphatic heterocycles. The second-order valence-corrected chi connectivity index (χ2v) is 7.41. The second kappa shape index (κ2) is 7.72. The molecular weight excluding hydrogens is 381 g/mol. The fraction of sp³-hybridized carbons (Fsp3) is 0.167. The van der Waals surface area contributed by atoms with Gasteiger partial charge in [0.05, 0.1) is 24.4 Å². The lowest BCUT2D eigenvalue weighted by Gasteiger charge is -2.30. The molecule has 0 N–H and O–H groups in total. The van der Waals surface area contributed by atoms with Gasteiger partial charge in [-0.25, -0.2) is 8.91 Å². The Labute approximate surface area is 173 Å². The monoisotopic (exact) mass is 401 g/mol. The highest BCUT2D eigenvalue weighted by Gasteiger charge is 2.21. The molecule has 0 aliphatic carbocycles. The summed E-state index contributed by atoms with van der Waals surface area (Å²) in [6.45, 7) is 1.74. The average molecular weight is 401 g/mol. The maximum Gasteiger partial charge on any atom is 0.209 e. The number of pyridine rings is 1. The molecule has 6 heteroatoms. The van der Waals surface area contributed by atoms with Crippen LogP contribution in [0, 0.1) is 5.82 Å². The van der Waals surface area contributed by atoms with Gasteiger partial charge in [0, 0.05) is 18.3 Å².